The van der Waals surface area contributed by atoms with Gasteiger partial charge in [0, 0.05) is 28.2 Å². The number of carbonyl (C=O) groups excluding carboxylic acids is 2. The topological polar surface area (TPSA) is 86.8 Å². The van der Waals surface area contributed by atoms with E-state index >= 15 is 0 Å². The highest BCUT2D eigenvalue weighted by Gasteiger charge is 2.35. The van der Waals surface area contributed by atoms with Gasteiger partial charge in [-0.1, -0.05) is 91.9 Å². The van der Waals surface area contributed by atoms with Crippen LogP contribution in [0, 0.1) is 0 Å². The Labute approximate surface area is 252 Å². The van der Waals surface area contributed by atoms with Crippen molar-refractivity contribution in [3.05, 3.63) is 94.5 Å². The average molecular weight is 617 g/mol. The van der Waals surface area contributed by atoms with Crippen LogP contribution >= 0.6 is 23.2 Å². The Bertz CT molecular complexity index is 1410. The number of para-hydroxylation sites is 1. The molecule has 0 heterocycles. The molecule has 7 nitrogen and oxygen atoms in total. The van der Waals surface area contributed by atoms with Crippen LogP contribution in [0.25, 0.3) is 0 Å². The molecule has 10 heteroatoms. The third-order valence-electron chi connectivity index (χ3n) is 7.38. The number of hydrogen-bond donors (Lipinski definition) is 1. The lowest BCUT2D eigenvalue weighted by Gasteiger charge is -2.34. The minimum atomic E-state index is -4.11. The van der Waals surface area contributed by atoms with Crippen molar-refractivity contribution >= 4 is 50.7 Å². The molecule has 1 N–H and O–H groups in total. The molecule has 1 aliphatic rings. The zero-order chi connectivity index (χ0) is 29.4. The van der Waals surface area contributed by atoms with E-state index in [9.17, 15) is 18.0 Å². The number of amides is 2. The van der Waals surface area contributed by atoms with Gasteiger partial charge >= 0.3 is 0 Å². The summed E-state index contributed by atoms with van der Waals surface area (Å²) in [7, 11) is -4.11. The summed E-state index contributed by atoms with van der Waals surface area (Å²) in [5.74, 6) is -0.817. The normalized spacial score (nSPS) is 14.7. The monoisotopic (exact) mass is 615 g/mol. The molecule has 1 saturated carbocycles. The van der Waals surface area contributed by atoms with E-state index in [2.05, 4.69) is 5.32 Å². The maximum Gasteiger partial charge on any atom is 0.264 e. The van der Waals surface area contributed by atoms with Gasteiger partial charge in [-0.15, -0.1) is 0 Å². The van der Waals surface area contributed by atoms with Crippen molar-refractivity contribution in [2.45, 2.75) is 69.0 Å². The largest absolute Gasteiger partial charge is 0.352 e. The zero-order valence-corrected chi connectivity index (χ0v) is 25.3. The van der Waals surface area contributed by atoms with Crippen molar-refractivity contribution in [3.63, 3.8) is 0 Å². The summed E-state index contributed by atoms with van der Waals surface area (Å²) in [4.78, 5) is 29.3. The van der Waals surface area contributed by atoms with Crippen LogP contribution < -0.4 is 9.62 Å². The van der Waals surface area contributed by atoms with Crippen molar-refractivity contribution < 1.29 is 18.0 Å². The van der Waals surface area contributed by atoms with Crippen LogP contribution in [0.4, 0.5) is 5.69 Å². The first-order valence-electron chi connectivity index (χ1n) is 13.9. The summed E-state index contributed by atoms with van der Waals surface area (Å²) in [6, 6.07) is 20.7. The minimum Gasteiger partial charge on any atom is -0.352 e. The van der Waals surface area contributed by atoms with Gasteiger partial charge in [0.15, 0.2) is 0 Å². The molecular formula is C31H35Cl2N3O4S. The molecule has 0 bridgehead atoms. The van der Waals surface area contributed by atoms with Gasteiger partial charge in [-0.2, -0.15) is 0 Å². The lowest BCUT2D eigenvalue weighted by molar-refractivity contribution is -0.140. The average Bonchev–Trinajstić information content (AvgIpc) is 2.98. The molecule has 3 aromatic rings. The first-order chi connectivity index (χ1) is 19.7. The van der Waals surface area contributed by atoms with Gasteiger partial charge in [-0.25, -0.2) is 8.42 Å². The Morgan fingerprint density at radius 1 is 0.878 bits per heavy atom. The van der Waals surface area contributed by atoms with E-state index in [0.717, 1.165) is 36.4 Å². The molecule has 0 radical (unpaired) electrons. The molecule has 0 spiro atoms. The van der Waals surface area contributed by atoms with Gasteiger partial charge in [0.1, 0.15) is 12.6 Å². The summed E-state index contributed by atoms with van der Waals surface area (Å²) >= 11 is 13.0. The first kappa shape index (κ1) is 30.9. The SMILES string of the molecule is CC[C@H](C(=O)NC1CCCCC1)N(Cc1c(Cl)cccc1Cl)C(=O)CN(c1ccccc1)S(=O)(=O)c1ccccc1. The van der Waals surface area contributed by atoms with Crippen molar-refractivity contribution in [1.29, 1.82) is 0 Å². The number of carbonyl (C=O) groups is 2. The fourth-order valence-corrected chi connectivity index (χ4v) is 7.11. The van der Waals surface area contributed by atoms with E-state index in [0.29, 0.717) is 27.7 Å². The van der Waals surface area contributed by atoms with E-state index in [1.165, 1.54) is 17.0 Å². The number of hydrogen-bond acceptors (Lipinski definition) is 4. The van der Waals surface area contributed by atoms with Crippen molar-refractivity contribution in [2.75, 3.05) is 10.8 Å². The second kappa shape index (κ2) is 14.2. The zero-order valence-electron chi connectivity index (χ0n) is 23.0. The molecule has 1 aliphatic carbocycles. The summed E-state index contributed by atoms with van der Waals surface area (Å²) in [6.07, 6.45) is 5.34. The third-order valence-corrected chi connectivity index (χ3v) is 9.88. The number of benzene rings is 3. The summed E-state index contributed by atoms with van der Waals surface area (Å²) in [6.45, 7) is 1.26. The van der Waals surface area contributed by atoms with Crippen LogP contribution in [-0.2, 0) is 26.2 Å². The van der Waals surface area contributed by atoms with E-state index in [1.807, 2.05) is 6.92 Å². The second-order valence-corrected chi connectivity index (χ2v) is 12.8. The molecule has 1 atom stereocenters. The van der Waals surface area contributed by atoms with Gasteiger partial charge < -0.3 is 10.2 Å². The number of rotatable bonds is 11. The van der Waals surface area contributed by atoms with E-state index in [-0.39, 0.29) is 23.4 Å². The van der Waals surface area contributed by atoms with Crippen LogP contribution in [0.2, 0.25) is 10.0 Å². The summed E-state index contributed by atoms with van der Waals surface area (Å²) in [5, 5.41) is 3.84. The third kappa shape index (κ3) is 7.61. The van der Waals surface area contributed by atoms with Crippen molar-refractivity contribution in [1.82, 2.24) is 10.2 Å². The molecule has 0 aliphatic heterocycles. The summed E-state index contributed by atoms with van der Waals surface area (Å²) in [5.41, 5.74) is 0.824. The lowest BCUT2D eigenvalue weighted by Crippen LogP contribution is -2.54. The molecule has 2 amide bonds. The van der Waals surface area contributed by atoms with E-state index < -0.39 is 28.5 Å². The molecule has 1 fully saturated rings. The maximum atomic E-state index is 14.2. The number of nitrogens with one attached hydrogen (secondary N) is 1. The van der Waals surface area contributed by atoms with E-state index in [4.69, 9.17) is 23.2 Å². The van der Waals surface area contributed by atoms with Gasteiger partial charge in [0.2, 0.25) is 11.8 Å². The highest BCUT2D eigenvalue weighted by Crippen LogP contribution is 2.29. The van der Waals surface area contributed by atoms with Crippen LogP contribution in [-0.4, -0.2) is 43.8 Å². The van der Waals surface area contributed by atoms with E-state index in [1.54, 1.807) is 66.7 Å². The highest BCUT2D eigenvalue weighted by atomic mass is 35.5. The predicted molar refractivity (Wildman–Crippen MR) is 164 cm³/mol. The molecule has 41 heavy (non-hydrogen) atoms. The van der Waals surface area contributed by atoms with Gasteiger partial charge in [0.25, 0.3) is 10.0 Å². The fraction of sp³-hybridized carbons (Fsp3) is 0.355. The molecule has 0 saturated heterocycles. The van der Waals surface area contributed by atoms with Gasteiger partial charge in [-0.3, -0.25) is 13.9 Å². The Morgan fingerprint density at radius 3 is 2.05 bits per heavy atom. The predicted octanol–water partition coefficient (Wildman–Crippen LogP) is 6.45. The van der Waals surface area contributed by atoms with Crippen LogP contribution in [0.3, 0.4) is 0 Å². The smallest absolute Gasteiger partial charge is 0.264 e. The molecular weight excluding hydrogens is 581 g/mol. The Morgan fingerprint density at radius 2 is 1.46 bits per heavy atom. The molecule has 0 unspecified atom stereocenters. The number of nitrogens with zero attached hydrogens (tertiary/aromatic N) is 2. The number of anilines is 1. The second-order valence-electron chi connectivity index (χ2n) is 10.1. The number of sulfonamides is 1. The fourth-order valence-electron chi connectivity index (χ4n) is 5.16. The first-order valence-corrected chi connectivity index (χ1v) is 16.1. The molecule has 4 rings (SSSR count). The quantitative estimate of drug-likeness (QED) is 0.269. The summed E-state index contributed by atoms with van der Waals surface area (Å²) < 4.78 is 28.7. The van der Waals surface area contributed by atoms with Crippen LogP contribution in [0.15, 0.2) is 83.8 Å². The molecule has 0 aromatic heterocycles. The maximum absolute atomic E-state index is 14.2. The standard InChI is InChI=1S/C31H35Cl2N3O4S/c1-2-29(31(38)34-23-13-6-3-7-14-23)35(21-26-27(32)19-12-20-28(26)33)30(37)22-36(24-15-8-4-9-16-24)41(39,40)25-17-10-5-11-18-25/h4-5,8-12,15-20,23,29H,2-3,6-7,13-14,21-22H2,1H3,(H,34,38)/t29-/m1/s1. The Balaban J connectivity index is 1.71. The van der Waals surface area contributed by atoms with Crippen molar-refractivity contribution in [2.24, 2.45) is 0 Å². The minimum absolute atomic E-state index is 0.0467. The van der Waals surface area contributed by atoms with Gasteiger partial charge in [-0.05, 0) is 55.7 Å². The Kier molecular flexibility index (Phi) is 10.7. The molecule has 218 valence electrons. The molecule has 3 aromatic carbocycles. The Hall–Kier alpha value is -3.07. The van der Waals surface area contributed by atoms with Gasteiger partial charge in [0.05, 0.1) is 10.6 Å². The van der Waals surface area contributed by atoms with Crippen molar-refractivity contribution in [3.8, 4) is 0 Å². The van der Waals surface area contributed by atoms with Crippen LogP contribution in [0.1, 0.15) is 51.0 Å². The number of halogens is 2. The van der Waals surface area contributed by atoms with Crippen LogP contribution in [0.5, 0.6) is 0 Å². The lowest BCUT2D eigenvalue weighted by atomic mass is 9.95. The highest BCUT2D eigenvalue weighted by molar-refractivity contribution is 7.92.